The smallest absolute Gasteiger partial charge is 0.338 e. The fourth-order valence-corrected chi connectivity index (χ4v) is 3.22. The highest BCUT2D eigenvalue weighted by molar-refractivity contribution is 5.89. The SMILES string of the molecule is CC(C)(C)OC(=O)c1ccc(Cn2cnccc2=O)cc1.O=C(O)c1ccc(Cn2cnccc2=O)cc1. The largest absolute Gasteiger partial charge is 0.478 e. The van der Waals surface area contributed by atoms with Crippen LogP contribution in [0.1, 0.15) is 52.6 Å². The summed E-state index contributed by atoms with van der Waals surface area (Å²) in [7, 11) is 0. The molecule has 4 aromatic rings. The topological polar surface area (TPSA) is 133 Å². The number of nitrogens with zero attached hydrogens (tertiary/aromatic N) is 4. The number of benzene rings is 2. The van der Waals surface area contributed by atoms with Crippen LogP contribution in [0.3, 0.4) is 0 Å². The molecule has 0 fully saturated rings. The molecule has 1 N–H and O–H groups in total. The van der Waals surface area contributed by atoms with Crippen molar-refractivity contribution < 1.29 is 19.4 Å². The molecule has 0 amide bonds. The van der Waals surface area contributed by atoms with E-state index in [1.54, 1.807) is 36.4 Å². The molecule has 10 heteroatoms. The third-order valence-electron chi connectivity index (χ3n) is 5.08. The van der Waals surface area contributed by atoms with E-state index < -0.39 is 11.6 Å². The number of carbonyl (C=O) groups is 2. The number of aromatic carboxylic acids is 1. The van der Waals surface area contributed by atoms with E-state index in [0.717, 1.165) is 11.1 Å². The number of esters is 1. The Balaban J connectivity index is 0.000000215. The maximum Gasteiger partial charge on any atom is 0.338 e. The zero-order valence-corrected chi connectivity index (χ0v) is 21.3. The summed E-state index contributed by atoms with van der Waals surface area (Å²) in [5, 5.41) is 8.74. The second kappa shape index (κ2) is 12.4. The molecule has 0 aliphatic heterocycles. The number of aromatic nitrogens is 4. The van der Waals surface area contributed by atoms with Crippen LogP contribution in [0.5, 0.6) is 0 Å². The van der Waals surface area contributed by atoms with Gasteiger partial charge in [-0.3, -0.25) is 18.7 Å². The van der Waals surface area contributed by atoms with Crippen LogP contribution >= 0.6 is 0 Å². The molecule has 0 aliphatic rings. The van der Waals surface area contributed by atoms with E-state index in [9.17, 15) is 19.2 Å². The average Bonchev–Trinajstić information content (AvgIpc) is 2.87. The molecule has 2 aromatic heterocycles. The molecule has 0 saturated carbocycles. The molecule has 2 aromatic carbocycles. The number of hydrogen-bond donors (Lipinski definition) is 1. The lowest BCUT2D eigenvalue weighted by Crippen LogP contribution is -2.24. The highest BCUT2D eigenvalue weighted by atomic mass is 16.6. The van der Waals surface area contributed by atoms with Gasteiger partial charge in [-0.15, -0.1) is 0 Å². The van der Waals surface area contributed by atoms with Crippen LogP contribution in [-0.4, -0.2) is 41.7 Å². The first kappa shape index (κ1) is 27.7. The van der Waals surface area contributed by atoms with Crippen molar-refractivity contribution in [1.82, 2.24) is 19.1 Å². The summed E-state index contributed by atoms with van der Waals surface area (Å²) in [5.41, 5.74) is 1.73. The third-order valence-corrected chi connectivity index (χ3v) is 5.08. The molecule has 10 nitrogen and oxygen atoms in total. The summed E-state index contributed by atoms with van der Waals surface area (Å²) in [4.78, 5) is 53.4. The van der Waals surface area contributed by atoms with Crippen molar-refractivity contribution in [2.24, 2.45) is 0 Å². The molecule has 0 bridgehead atoms. The molecule has 0 radical (unpaired) electrons. The molecule has 0 spiro atoms. The van der Waals surface area contributed by atoms with Crippen LogP contribution < -0.4 is 11.1 Å². The second-order valence-corrected chi connectivity index (χ2v) is 9.29. The van der Waals surface area contributed by atoms with Gasteiger partial charge in [0.05, 0.1) is 36.9 Å². The fourth-order valence-electron chi connectivity index (χ4n) is 3.22. The summed E-state index contributed by atoms with van der Waals surface area (Å²) in [6, 6.07) is 16.2. The molecule has 0 atom stereocenters. The zero-order valence-electron chi connectivity index (χ0n) is 21.3. The number of ether oxygens (including phenoxy) is 1. The molecule has 0 aliphatic carbocycles. The summed E-state index contributed by atoms with van der Waals surface area (Å²) in [6.07, 6.45) is 5.84. The van der Waals surface area contributed by atoms with Crippen LogP contribution in [0.15, 0.2) is 95.3 Å². The lowest BCUT2D eigenvalue weighted by Gasteiger charge is -2.19. The first-order valence-corrected chi connectivity index (χ1v) is 11.7. The molecule has 0 unspecified atom stereocenters. The molecule has 4 rings (SSSR count). The predicted octanol–water partition coefficient (Wildman–Crippen LogP) is 3.24. The Morgan fingerprint density at radius 2 is 1.16 bits per heavy atom. The van der Waals surface area contributed by atoms with Gasteiger partial charge in [0, 0.05) is 24.5 Å². The Hall–Kier alpha value is -4.86. The minimum atomic E-state index is -0.963. The summed E-state index contributed by atoms with van der Waals surface area (Å²) >= 11 is 0. The molecule has 38 heavy (non-hydrogen) atoms. The maximum absolute atomic E-state index is 11.9. The number of rotatable bonds is 6. The van der Waals surface area contributed by atoms with Crippen LogP contribution in [0.2, 0.25) is 0 Å². The zero-order chi connectivity index (χ0) is 27.7. The molecule has 196 valence electrons. The van der Waals surface area contributed by atoms with Crippen LogP contribution in [-0.2, 0) is 17.8 Å². The standard InChI is InChI=1S/C16H18N2O3.C12H10N2O3/c1-16(2,3)21-15(20)13-6-4-12(5-7-13)10-18-11-17-9-8-14(18)19;15-11-5-6-13-8-14(11)7-9-1-3-10(4-2-9)12(16)17/h4-9,11H,10H2,1-3H3;1-6,8H,7H2,(H,16,17). The third kappa shape index (κ3) is 8.37. The van der Waals surface area contributed by atoms with Crippen molar-refractivity contribution in [2.75, 3.05) is 0 Å². The van der Waals surface area contributed by atoms with Crippen LogP contribution in [0.25, 0.3) is 0 Å². The summed E-state index contributed by atoms with van der Waals surface area (Å²) in [5.74, 6) is -1.32. The van der Waals surface area contributed by atoms with Crippen molar-refractivity contribution in [1.29, 1.82) is 0 Å². The Labute approximate surface area is 218 Å². The van der Waals surface area contributed by atoms with E-state index in [4.69, 9.17) is 9.84 Å². The van der Waals surface area contributed by atoms with E-state index >= 15 is 0 Å². The first-order chi connectivity index (χ1) is 18.0. The van der Waals surface area contributed by atoms with E-state index in [1.165, 1.54) is 58.4 Å². The van der Waals surface area contributed by atoms with E-state index in [1.807, 2.05) is 20.8 Å². The van der Waals surface area contributed by atoms with Gasteiger partial charge in [0.15, 0.2) is 0 Å². The Morgan fingerprint density at radius 1 is 0.737 bits per heavy atom. The predicted molar refractivity (Wildman–Crippen MR) is 140 cm³/mol. The normalized spacial score (nSPS) is 10.7. The molecule has 2 heterocycles. The highest BCUT2D eigenvalue weighted by Crippen LogP contribution is 2.13. The van der Waals surface area contributed by atoms with Crippen molar-refractivity contribution in [3.8, 4) is 0 Å². The maximum atomic E-state index is 11.9. The van der Waals surface area contributed by atoms with Gasteiger partial charge < -0.3 is 9.84 Å². The number of carboxylic acid groups (broad SMARTS) is 1. The van der Waals surface area contributed by atoms with Gasteiger partial charge in [0.1, 0.15) is 5.60 Å². The summed E-state index contributed by atoms with van der Waals surface area (Å²) in [6.45, 7) is 6.28. The highest BCUT2D eigenvalue weighted by Gasteiger charge is 2.17. The van der Waals surface area contributed by atoms with Gasteiger partial charge in [0.25, 0.3) is 11.1 Å². The number of hydrogen-bond acceptors (Lipinski definition) is 7. The number of carboxylic acids is 1. The molecule has 0 saturated heterocycles. The summed E-state index contributed by atoms with van der Waals surface area (Å²) < 4.78 is 8.25. The Bertz CT molecular complexity index is 1500. The van der Waals surface area contributed by atoms with Crippen molar-refractivity contribution in [2.45, 2.75) is 39.5 Å². The number of carbonyl (C=O) groups excluding carboxylic acids is 1. The van der Waals surface area contributed by atoms with Gasteiger partial charge in [-0.25, -0.2) is 19.6 Å². The van der Waals surface area contributed by atoms with Crippen molar-refractivity contribution in [3.63, 3.8) is 0 Å². The molecular weight excluding hydrogens is 488 g/mol. The quantitative estimate of drug-likeness (QED) is 0.386. The van der Waals surface area contributed by atoms with Crippen molar-refractivity contribution >= 4 is 11.9 Å². The Kier molecular flexibility index (Phi) is 9.04. The second-order valence-electron chi connectivity index (χ2n) is 9.29. The van der Waals surface area contributed by atoms with Gasteiger partial charge >= 0.3 is 11.9 Å². The Morgan fingerprint density at radius 3 is 1.53 bits per heavy atom. The van der Waals surface area contributed by atoms with E-state index in [2.05, 4.69) is 9.97 Å². The lowest BCUT2D eigenvalue weighted by molar-refractivity contribution is 0.00693. The van der Waals surface area contributed by atoms with E-state index in [0.29, 0.717) is 18.7 Å². The average molecular weight is 517 g/mol. The first-order valence-electron chi connectivity index (χ1n) is 11.7. The van der Waals surface area contributed by atoms with Crippen LogP contribution in [0, 0.1) is 0 Å². The fraction of sp³-hybridized carbons (Fsp3) is 0.214. The van der Waals surface area contributed by atoms with E-state index in [-0.39, 0.29) is 22.7 Å². The lowest BCUT2D eigenvalue weighted by atomic mass is 10.1. The van der Waals surface area contributed by atoms with Crippen molar-refractivity contribution in [3.05, 3.63) is 129 Å². The monoisotopic (exact) mass is 516 g/mol. The van der Waals surface area contributed by atoms with Gasteiger partial charge in [0.2, 0.25) is 0 Å². The van der Waals surface area contributed by atoms with Gasteiger partial charge in [-0.2, -0.15) is 0 Å². The minimum Gasteiger partial charge on any atom is -0.478 e. The minimum absolute atomic E-state index is 0.110. The van der Waals surface area contributed by atoms with Crippen LogP contribution in [0.4, 0.5) is 0 Å². The molecular formula is C28H28N4O6. The van der Waals surface area contributed by atoms with Gasteiger partial charge in [-0.1, -0.05) is 24.3 Å². The van der Waals surface area contributed by atoms with Gasteiger partial charge in [-0.05, 0) is 56.2 Å².